The summed E-state index contributed by atoms with van der Waals surface area (Å²) in [6.07, 6.45) is -0.150. The quantitative estimate of drug-likeness (QED) is 0.0888. The van der Waals surface area contributed by atoms with Crippen molar-refractivity contribution in [3.8, 4) is 23.0 Å². The summed E-state index contributed by atoms with van der Waals surface area (Å²) in [5.41, 5.74) is 8.49. The zero-order valence-electron chi connectivity index (χ0n) is 26.3. The topological polar surface area (TPSA) is 232 Å². The second kappa shape index (κ2) is 16.7. The highest BCUT2D eigenvalue weighted by Gasteiger charge is 2.31. The van der Waals surface area contributed by atoms with E-state index in [0.717, 1.165) is 0 Å². The fourth-order valence-electron chi connectivity index (χ4n) is 5.02. The molecule has 0 radical (unpaired) electrons. The number of hydrogen-bond acceptors (Lipinski definition) is 9. The molecule has 256 valence electrons. The van der Waals surface area contributed by atoms with Gasteiger partial charge in [-0.3, -0.25) is 14.4 Å². The van der Waals surface area contributed by atoms with Gasteiger partial charge in [-0.2, -0.15) is 0 Å². The number of carbonyl (C=O) groups excluding carboxylic acids is 3. The summed E-state index contributed by atoms with van der Waals surface area (Å²) in [6.45, 7) is 0. The molecule has 0 saturated heterocycles. The van der Waals surface area contributed by atoms with Crippen LogP contribution in [0.5, 0.6) is 23.0 Å². The molecule has 13 nitrogen and oxygen atoms in total. The number of phenolic OH excluding ortho intramolecular Hbond substituents is 4. The van der Waals surface area contributed by atoms with Gasteiger partial charge in [-0.05, 0) is 77.2 Å². The van der Waals surface area contributed by atoms with Gasteiger partial charge in [0.05, 0.1) is 6.04 Å². The largest absolute Gasteiger partial charge is 0.508 e. The SMILES string of the molecule is NC(Cc1ccc(O)cc1)C(=O)NC(Cc1ccc(O)cc1)C(=O)NC(Cc1ccc(O)cc1)C(=O)NC(Cc1ccc(O)cc1)C(=O)O. The molecule has 4 aromatic carbocycles. The number of aliphatic carboxylic acids is 1. The third-order valence-electron chi connectivity index (χ3n) is 7.74. The Kier molecular flexibility index (Phi) is 12.2. The van der Waals surface area contributed by atoms with Crippen molar-refractivity contribution in [2.45, 2.75) is 49.9 Å². The Morgan fingerprint density at radius 3 is 1.04 bits per heavy atom. The van der Waals surface area contributed by atoms with Crippen molar-refractivity contribution >= 4 is 23.7 Å². The van der Waals surface area contributed by atoms with Gasteiger partial charge in [0.1, 0.15) is 41.1 Å². The van der Waals surface area contributed by atoms with E-state index in [9.17, 15) is 44.7 Å². The summed E-state index contributed by atoms with van der Waals surface area (Å²) in [5, 5.41) is 56.3. The first kappa shape index (κ1) is 35.8. The van der Waals surface area contributed by atoms with Crippen molar-refractivity contribution in [2.24, 2.45) is 5.73 Å². The van der Waals surface area contributed by atoms with Crippen LogP contribution in [-0.2, 0) is 44.9 Å². The number of amides is 3. The van der Waals surface area contributed by atoms with E-state index in [1.165, 1.54) is 60.7 Å². The highest BCUT2D eigenvalue weighted by molar-refractivity contribution is 5.94. The molecule has 4 atom stereocenters. The van der Waals surface area contributed by atoms with Crippen LogP contribution in [0.3, 0.4) is 0 Å². The summed E-state index contributed by atoms with van der Waals surface area (Å²) in [7, 11) is 0. The molecule has 4 unspecified atom stereocenters. The van der Waals surface area contributed by atoms with Gasteiger partial charge in [0.25, 0.3) is 0 Å². The second-order valence-corrected chi connectivity index (χ2v) is 11.6. The molecule has 4 rings (SSSR count). The Bertz CT molecular complexity index is 1730. The van der Waals surface area contributed by atoms with E-state index >= 15 is 0 Å². The van der Waals surface area contributed by atoms with E-state index in [-0.39, 0.29) is 48.7 Å². The molecular weight excluding hydrogens is 632 g/mol. The third kappa shape index (κ3) is 11.0. The molecule has 0 fully saturated rings. The highest BCUT2D eigenvalue weighted by atomic mass is 16.4. The monoisotopic (exact) mass is 670 g/mol. The fraction of sp³-hybridized carbons (Fsp3) is 0.222. The number of rotatable bonds is 15. The molecule has 0 saturated carbocycles. The molecule has 0 spiro atoms. The van der Waals surface area contributed by atoms with Gasteiger partial charge < -0.3 is 47.2 Å². The third-order valence-corrected chi connectivity index (χ3v) is 7.74. The maximum absolute atomic E-state index is 13.9. The maximum Gasteiger partial charge on any atom is 0.326 e. The van der Waals surface area contributed by atoms with Crippen LogP contribution in [0, 0.1) is 0 Å². The van der Waals surface area contributed by atoms with Crippen LogP contribution in [-0.4, -0.2) is 73.4 Å². The Morgan fingerprint density at radius 1 is 0.449 bits per heavy atom. The van der Waals surface area contributed by atoms with Crippen LogP contribution < -0.4 is 21.7 Å². The normalized spacial score (nSPS) is 13.3. The van der Waals surface area contributed by atoms with Gasteiger partial charge in [0, 0.05) is 19.3 Å². The first-order chi connectivity index (χ1) is 23.4. The van der Waals surface area contributed by atoms with Crippen molar-refractivity contribution in [1.29, 1.82) is 0 Å². The average Bonchev–Trinajstić information content (AvgIpc) is 3.07. The zero-order valence-corrected chi connectivity index (χ0v) is 26.3. The van der Waals surface area contributed by atoms with Crippen LogP contribution in [0.15, 0.2) is 97.1 Å². The highest BCUT2D eigenvalue weighted by Crippen LogP contribution is 2.16. The van der Waals surface area contributed by atoms with Gasteiger partial charge in [0.15, 0.2) is 0 Å². The maximum atomic E-state index is 13.9. The smallest absolute Gasteiger partial charge is 0.326 e. The number of phenols is 4. The molecule has 3 amide bonds. The molecule has 0 heterocycles. The molecule has 49 heavy (non-hydrogen) atoms. The van der Waals surface area contributed by atoms with Gasteiger partial charge in [-0.1, -0.05) is 48.5 Å². The van der Waals surface area contributed by atoms with Crippen molar-refractivity contribution in [3.05, 3.63) is 119 Å². The predicted octanol–water partition coefficient (Wildman–Crippen LogP) is 1.65. The van der Waals surface area contributed by atoms with Crippen molar-refractivity contribution < 1.29 is 44.7 Å². The molecule has 10 N–H and O–H groups in total. The van der Waals surface area contributed by atoms with Crippen LogP contribution in [0.1, 0.15) is 22.3 Å². The van der Waals surface area contributed by atoms with Crippen LogP contribution in [0.25, 0.3) is 0 Å². The lowest BCUT2D eigenvalue weighted by Gasteiger charge is -2.25. The summed E-state index contributed by atoms with van der Waals surface area (Å²) in [6, 6.07) is 18.8. The Morgan fingerprint density at radius 2 is 0.714 bits per heavy atom. The molecule has 0 aliphatic rings. The van der Waals surface area contributed by atoms with E-state index in [4.69, 9.17) is 5.73 Å². The summed E-state index contributed by atoms with van der Waals surface area (Å²) < 4.78 is 0. The lowest BCUT2D eigenvalue weighted by molar-refractivity contribution is -0.142. The first-order valence-electron chi connectivity index (χ1n) is 15.4. The van der Waals surface area contributed by atoms with Gasteiger partial charge >= 0.3 is 5.97 Å². The number of carbonyl (C=O) groups is 4. The Labute approximate surface area is 282 Å². The van der Waals surface area contributed by atoms with E-state index in [2.05, 4.69) is 16.0 Å². The average molecular weight is 671 g/mol. The molecule has 0 aromatic heterocycles. The molecule has 13 heteroatoms. The van der Waals surface area contributed by atoms with Crippen molar-refractivity contribution in [1.82, 2.24) is 16.0 Å². The van der Waals surface area contributed by atoms with Crippen molar-refractivity contribution in [3.63, 3.8) is 0 Å². The predicted molar refractivity (Wildman–Crippen MR) is 179 cm³/mol. The molecule has 0 bridgehead atoms. The van der Waals surface area contributed by atoms with Crippen LogP contribution in [0.2, 0.25) is 0 Å². The number of carboxylic acid groups (broad SMARTS) is 1. The van der Waals surface area contributed by atoms with E-state index in [1.807, 2.05) is 0 Å². The lowest BCUT2D eigenvalue weighted by atomic mass is 10.0. The Hall–Kier alpha value is -6.08. The van der Waals surface area contributed by atoms with E-state index in [0.29, 0.717) is 22.3 Å². The standard InChI is InChI=1S/C36H38N4O9/c37-29(17-21-1-9-25(41)10-2-21)33(45)38-30(18-22-3-11-26(42)12-4-22)34(46)39-31(19-23-5-13-27(43)14-6-23)35(47)40-32(36(48)49)20-24-7-15-28(44)16-8-24/h1-16,29-32,41-44H,17-20,37H2,(H,38,45)(H,39,46)(H,40,47)(H,48,49). The number of nitrogens with one attached hydrogen (secondary N) is 3. The number of nitrogens with two attached hydrogens (primary N) is 1. The van der Waals surface area contributed by atoms with Gasteiger partial charge in [0.2, 0.25) is 17.7 Å². The number of aromatic hydroxyl groups is 4. The van der Waals surface area contributed by atoms with Crippen LogP contribution in [0.4, 0.5) is 0 Å². The van der Waals surface area contributed by atoms with Gasteiger partial charge in [-0.25, -0.2) is 4.79 Å². The number of benzene rings is 4. The van der Waals surface area contributed by atoms with Crippen molar-refractivity contribution in [2.75, 3.05) is 0 Å². The fourth-order valence-corrected chi connectivity index (χ4v) is 5.02. The molecule has 4 aromatic rings. The Balaban J connectivity index is 1.56. The van der Waals surface area contributed by atoms with E-state index in [1.54, 1.807) is 36.4 Å². The van der Waals surface area contributed by atoms with E-state index < -0.39 is 47.9 Å². The zero-order chi connectivity index (χ0) is 35.5. The molecular formula is C36H38N4O9. The molecule has 0 aliphatic carbocycles. The second-order valence-electron chi connectivity index (χ2n) is 11.6. The summed E-state index contributed by atoms with van der Waals surface area (Å²) in [4.78, 5) is 52.9. The minimum Gasteiger partial charge on any atom is -0.508 e. The minimum atomic E-state index is -1.39. The van der Waals surface area contributed by atoms with Crippen LogP contribution >= 0.6 is 0 Å². The summed E-state index contributed by atoms with van der Waals surface area (Å²) in [5.74, 6) is -3.54. The summed E-state index contributed by atoms with van der Waals surface area (Å²) >= 11 is 0. The molecule has 0 aliphatic heterocycles. The number of hydrogen-bond donors (Lipinski definition) is 9. The van der Waals surface area contributed by atoms with Gasteiger partial charge in [-0.15, -0.1) is 0 Å². The lowest BCUT2D eigenvalue weighted by Crippen LogP contribution is -2.58. The number of carboxylic acids is 1. The first-order valence-corrected chi connectivity index (χ1v) is 15.4. The minimum absolute atomic E-state index is 0.00405.